The van der Waals surface area contributed by atoms with Gasteiger partial charge in [-0.3, -0.25) is 4.79 Å². The van der Waals surface area contributed by atoms with Gasteiger partial charge in [-0.1, -0.05) is 24.2 Å². The van der Waals surface area contributed by atoms with Crippen LogP contribution in [-0.4, -0.2) is 75.8 Å². The van der Waals surface area contributed by atoms with Gasteiger partial charge < -0.3 is 14.9 Å². The standard InChI is InChI=1S/C27H24ClFN6O5S/c1-4-21(37)33-11-12-34(15(2)14-33)24-16-13-17(28)23(22-18(29)7-5-9-20(22)36)31-25(16)35(27(38)32-24)19-8-6-10-30-26(19)41(3,39)40/h4-10,13,15,36H,1,11-12,14H2,2-3H3/t15-/m0/s1. The third-order valence-corrected chi connectivity index (χ3v) is 8.06. The number of nitrogens with zero attached hydrogens (tertiary/aromatic N) is 6. The monoisotopic (exact) mass is 598 g/mol. The van der Waals surface area contributed by atoms with E-state index in [0.717, 1.165) is 16.9 Å². The number of amides is 1. The van der Waals surface area contributed by atoms with Crippen molar-refractivity contribution in [3.63, 3.8) is 0 Å². The first-order valence-corrected chi connectivity index (χ1v) is 14.6. The molecule has 1 atom stereocenters. The molecule has 11 nitrogen and oxygen atoms in total. The van der Waals surface area contributed by atoms with Crippen LogP contribution in [0.3, 0.4) is 0 Å². The largest absolute Gasteiger partial charge is 0.507 e. The van der Waals surface area contributed by atoms with E-state index in [4.69, 9.17) is 11.6 Å². The van der Waals surface area contributed by atoms with Gasteiger partial charge in [0.1, 0.15) is 17.4 Å². The molecule has 1 saturated heterocycles. The Balaban J connectivity index is 1.83. The van der Waals surface area contributed by atoms with Gasteiger partial charge in [0, 0.05) is 38.1 Å². The smallest absolute Gasteiger partial charge is 0.355 e. The Morgan fingerprint density at radius 3 is 2.63 bits per heavy atom. The molecule has 212 valence electrons. The van der Waals surface area contributed by atoms with Crippen molar-refractivity contribution in [3.8, 4) is 22.7 Å². The molecule has 0 aliphatic carbocycles. The zero-order valence-electron chi connectivity index (χ0n) is 22.0. The summed E-state index contributed by atoms with van der Waals surface area (Å²) < 4.78 is 41.1. The molecule has 0 spiro atoms. The summed E-state index contributed by atoms with van der Waals surface area (Å²) in [6.07, 6.45) is 3.45. The van der Waals surface area contributed by atoms with Crippen molar-refractivity contribution >= 4 is 44.2 Å². The maximum Gasteiger partial charge on any atom is 0.355 e. The second kappa shape index (κ2) is 10.6. The first-order valence-electron chi connectivity index (χ1n) is 12.4. The molecule has 1 amide bonds. The van der Waals surface area contributed by atoms with Crippen LogP contribution in [0.1, 0.15) is 6.92 Å². The van der Waals surface area contributed by atoms with Crippen LogP contribution in [-0.2, 0) is 14.6 Å². The first-order chi connectivity index (χ1) is 19.4. The molecule has 4 heterocycles. The highest BCUT2D eigenvalue weighted by Crippen LogP contribution is 2.38. The molecule has 5 rings (SSSR count). The number of benzene rings is 1. The number of hydrogen-bond acceptors (Lipinski definition) is 9. The minimum atomic E-state index is -3.92. The van der Waals surface area contributed by atoms with Gasteiger partial charge in [-0.15, -0.1) is 0 Å². The van der Waals surface area contributed by atoms with Crippen molar-refractivity contribution in [2.24, 2.45) is 0 Å². The zero-order chi connectivity index (χ0) is 29.6. The number of phenolic OH excluding ortho intramolecular Hbond substituents is 1. The summed E-state index contributed by atoms with van der Waals surface area (Å²) >= 11 is 6.61. The van der Waals surface area contributed by atoms with E-state index in [2.05, 4.69) is 21.5 Å². The Hall–Kier alpha value is -4.36. The van der Waals surface area contributed by atoms with Gasteiger partial charge in [-0.2, -0.15) is 4.98 Å². The third-order valence-electron chi connectivity index (χ3n) is 6.76. The van der Waals surface area contributed by atoms with Gasteiger partial charge >= 0.3 is 5.69 Å². The highest BCUT2D eigenvalue weighted by Gasteiger charge is 2.31. The van der Waals surface area contributed by atoms with E-state index < -0.39 is 32.1 Å². The maximum absolute atomic E-state index is 14.9. The number of sulfone groups is 1. The number of anilines is 1. The predicted octanol–water partition coefficient (Wildman–Crippen LogP) is 2.97. The number of aromatic hydroxyl groups is 1. The summed E-state index contributed by atoms with van der Waals surface area (Å²) in [5.41, 5.74) is -1.54. The fraction of sp³-hybridized carbons (Fsp3) is 0.222. The van der Waals surface area contributed by atoms with E-state index in [1.807, 2.05) is 11.8 Å². The molecule has 0 unspecified atom stereocenters. The lowest BCUT2D eigenvalue weighted by atomic mass is 10.1. The highest BCUT2D eigenvalue weighted by molar-refractivity contribution is 7.90. The average Bonchev–Trinajstić information content (AvgIpc) is 2.92. The van der Waals surface area contributed by atoms with Crippen LogP contribution in [0, 0.1) is 5.82 Å². The van der Waals surface area contributed by atoms with E-state index >= 15 is 0 Å². The van der Waals surface area contributed by atoms with Crippen LogP contribution in [0.2, 0.25) is 5.02 Å². The number of fused-ring (bicyclic) bond motifs is 1. The summed E-state index contributed by atoms with van der Waals surface area (Å²) in [6, 6.07) is 7.67. The number of carbonyl (C=O) groups excluding carboxylic acids is 1. The Morgan fingerprint density at radius 1 is 1.22 bits per heavy atom. The van der Waals surface area contributed by atoms with E-state index in [0.29, 0.717) is 19.6 Å². The second-order valence-corrected chi connectivity index (χ2v) is 11.8. The van der Waals surface area contributed by atoms with Crippen LogP contribution in [0.4, 0.5) is 10.2 Å². The Labute approximate surface area is 239 Å². The molecule has 1 aliphatic rings. The number of halogens is 2. The van der Waals surface area contributed by atoms with Gasteiger partial charge in [0.2, 0.25) is 5.91 Å². The Morgan fingerprint density at radius 2 is 1.98 bits per heavy atom. The number of aromatic nitrogens is 4. The van der Waals surface area contributed by atoms with Crippen LogP contribution < -0.4 is 10.6 Å². The normalized spacial score (nSPS) is 15.8. The average molecular weight is 599 g/mol. The van der Waals surface area contributed by atoms with Gasteiger partial charge in [-0.25, -0.2) is 32.1 Å². The van der Waals surface area contributed by atoms with Crippen molar-refractivity contribution in [3.05, 3.63) is 76.6 Å². The molecule has 1 N–H and O–H groups in total. The summed E-state index contributed by atoms with van der Waals surface area (Å²) in [5, 5.41) is 10.3. The minimum absolute atomic E-state index is 0.0474. The topological polar surface area (TPSA) is 139 Å². The molecule has 4 aromatic rings. The summed E-state index contributed by atoms with van der Waals surface area (Å²) in [4.78, 5) is 42.1. The lowest BCUT2D eigenvalue weighted by Crippen LogP contribution is -2.54. The minimum Gasteiger partial charge on any atom is -0.507 e. The van der Waals surface area contributed by atoms with Crippen molar-refractivity contribution in [2.45, 2.75) is 18.0 Å². The van der Waals surface area contributed by atoms with Gasteiger partial charge in [-0.05, 0) is 43.3 Å². The summed E-state index contributed by atoms with van der Waals surface area (Å²) in [5.74, 6) is -1.27. The maximum atomic E-state index is 14.9. The SMILES string of the molecule is C=CC(=O)N1CCN(c2nc(=O)n(-c3cccnc3S(C)(=O)=O)c3nc(-c4c(O)cccc4F)c(Cl)cc23)[C@@H](C)C1. The molecule has 0 bridgehead atoms. The number of phenols is 1. The van der Waals surface area contributed by atoms with Crippen LogP contribution in [0.15, 0.2) is 65.1 Å². The van der Waals surface area contributed by atoms with Crippen LogP contribution >= 0.6 is 11.6 Å². The zero-order valence-corrected chi connectivity index (χ0v) is 23.5. The molecule has 1 aromatic carbocycles. The summed E-state index contributed by atoms with van der Waals surface area (Å²) in [6.45, 7) is 6.34. The molecule has 0 radical (unpaired) electrons. The van der Waals surface area contributed by atoms with E-state index in [9.17, 15) is 27.5 Å². The van der Waals surface area contributed by atoms with E-state index in [1.165, 1.54) is 42.6 Å². The van der Waals surface area contributed by atoms with E-state index in [1.54, 1.807) is 4.90 Å². The lowest BCUT2D eigenvalue weighted by molar-refractivity contribution is -0.126. The quantitative estimate of drug-likeness (QED) is 0.344. The number of rotatable bonds is 5. The number of hydrogen-bond donors (Lipinski definition) is 1. The van der Waals surface area contributed by atoms with Gasteiger partial charge in [0.25, 0.3) is 0 Å². The molecule has 1 aliphatic heterocycles. The van der Waals surface area contributed by atoms with Crippen molar-refractivity contribution in [2.75, 3.05) is 30.8 Å². The van der Waals surface area contributed by atoms with E-state index in [-0.39, 0.29) is 50.8 Å². The predicted molar refractivity (Wildman–Crippen MR) is 152 cm³/mol. The first kappa shape index (κ1) is 28.2. The van der Waals surface area contributed by atoms with Gasteiger partial charge in [0.15, 0.2) is 20.5 Å². The van der Waals surface area contributed by atoms with Crippen LogP contribution in [0.5, 0.6) is 5.75 Å². The molecular formula is C27H24ClFN6O5S. The van der Waals surface area contributed by atoms with Crippen molar-refractivity contribution < 1.29 is 22.7 Å². The molecule has 3 aromatic heterocycles. The van der Waals surface area contributed by atoms with Gasteiger partial charge in [0.05, 0.1) is 27.4 Å². The fourth-order valence-corrected chi connectivity index (χ4v) is 5.94. The van der Waals surface area contributed by atoms with Crippen LogP contribution in [0.25, 0.3) is 28.0 Å². The lowest BCUT2D eigenvalue weighted by Gasteiger charge is -2.40. The molecule has 0 saturated carbocycles. The fourth-order valence-electron chi connectivity index (χ4n) is 4.90. The molecular weight excluding hydrogens is 575 g/mol. The molecule has 1 fully saturated rings. The van der Waals surface area contributed by atoms with Crippen molar-refractivity contribution in [1.29, 1.82) is 0 Å². The summed E-state index contributed by atoms with van der Waals surface area (Å²) in [7, 11) is -3.92. The second-order valence-electron chi connectivity index (χ2n) is 9.51. The third kappa shape index (κ3) is 5.02. The Kier molecular flexibility index (Phi) is 7.26. The Bertz CT molecular complexity index is 1880. The molecule has 41 heavy (non-hydrogen) atoms. The van der Waals surface area contributed by atoms with Crippen molar-refractivity contribution in [1.82, 2.24) is 24.4 Å². The number of piperazine rings is 1. The number of pyridine rings is 2. The molecule has 14 heteroatoms. The number of carbonyl (C=O) groups is 1. The highest BCUT2D eigenvalue weighted by atomic mass is 35.5.